The van der Waals surface area contributed by atoms with Crippen molar-refractivity contribution in [1.29, 1.82) is 0 Å². The number of halogens is 2. The molecule has 22 heavy (non-hydrogen) atoms. The average Bonchev–Trinajstić information content (AvgIpc) is 2.51. The topological polar surface area (TPSA) is 44.8 Å². The summed E-state index contributed by atoms with van der Waals surface area (Å²) in [6.45, 7) is 5.85. The minimum Gasteiger partial charge on any atom is -0.379 e. The van der Waals surface area contributed by atoms with Crippen molar-refractivity contribution in [2.75, 3.05) is 49.6 Å². The molecule has 3 rings (SSSR count). The Balaban J connectivity index is 1.80. The molecule has 120 valence electrons. The normalized spacial score (nSPS) is 22.4. The lowest BCUT2D eigenvalue weighted by Crippen LogP contribution is -2.49. The number of hydrogen-bond donors (Lipinski definition) is 1. The molecule has 0 aromatic heterocycles. The molecule has 5 nitrogen and oxygen atoms in total. The van der Waals surface area contributed by atoms with Crippen molar-refractivity contribution in [3.05, 3.63) is 23.8 Å². The summed E-state index contributed by atoms with van der Waals surface area (Å²) in [4.78, 5) is 16.1. The molecular weight excluding hydrogens is 292 g/mol. The summed E-state index contributed by atoms with van der Waals surface area (Å²) in [5, 5.41) is 2.91. The molecule has 1 aromatic carbocycles. The van der Waals surface area contributed by atoms with Crippen LogP contribution in [0.1, 0.15) is 6.92 Å². The summed E-state index contributed by atoms with van der Waals surface area (Å²) in [6.07, 6.45) is 0. The van der Waals surface area contributed by atoms with E-state index in [4.69, 9.17) is 4.74 Å². The Morgan fingerprint density at radius 2 is 1.91 bits per heavy atom. The number of benzene rings is 1. The molecule has 1 amide bonds. The number of hydrogen-bond acceptors (Lipinski definition) is 4. The van der Waals surface area contributed by atoms with Crippen LogP contribution in [-0.4, -0.2) is 56.2 Å². The van der Waals surface area contributed by atoms with Crippen LogP contribution in [0.25, 0.3) is 0 Å². The predicted octanol–water partition coefficient (Wildman–Crippen LogP) is 1.44. The fraction of sp³-hybridized carbons (Fsp3) is 0.533. The number of amides is 1. The summed E-state index contributed by atoms with van der Waals surface area (Å²) in [5.41, 5.74) is 0.850. The molecule has 1 N–H and O–H groups in total. The zero-order valence-electron chi connectivity index (χ0n) is 12.4. The van der Waals surface area contributed by atoms with Crippen LogP contribution in [0.5, 0.6) is 0 Å². The number of carbonyl (C=O) groups is 1. The lowest BCUT2D eigenvalue weighted by atomic mass is 10.1. The van der Waals surface area contributed by atoms with Gasteiger partial charge in [-0.15, -0.1) is 0 Å². The summed E-state index contributed by atoms with van der Waals surface area (Å²) in [6, 6.07) is 1.73. The van der Waals surface area contributed by atoms with Gasteiger partial charge in [-0.25, -0.2) is 8.78 Å². The molecule has 1 fully saturated rings. The van der Waals surface area contributed by atoms with Gasteiger partial charge >= 0.3 is 0 Å². The van der Waals surface area contributed by atoms with Gasteiger partial charge in [0, 0.05) is 38.3 Å². The Kier molecular flexibility index (Phi) is 4.26. The van der Waals surface area contributed by atoms with Gasteiger partial charge in [0.05, 0.1) is 24.6 Å². The lowest BCUT2D eigenvalue weighted by Gasteiger charge is -2.36. The molecule has 1 aromatic rings. The van der Waals surface area contributed by atoms with Crippen LogP contribution >= 0.6 is 0 Å². The molecule has 0 aliphatic carbocycles. The van der Waals surface area contributed by atoms with Gasteiger partial charge in [-0.2, -0.15) is 0 Å². The van der Waals surface area contributed by atoms with E-state index in [0.29, 0.717) is 37.7 Å². The second-order valence-electron chi connectivity index (χ2n) is 5.59. The van der Waals surface area contributed by atoms with Crippen molar-refractivity contribution >= 4 is 17.3 Å². The van der Waals surface area contributed by atoms with Gasteiger partial charge in [-0.05, 0) is 6.92 Å². The van der Waals surface area contributed by atoms with Crippen LogP contribution in [0.4, 0.5) is 20.2 Å². The Labute approximate surface area is 127 Å². The highest BCUT2D eigenvalue weighted by molar-refractivity contribution is 6.04. The maximum Gasteiger partial charge on any atom is 0.249 e. The molecule has 1 atom stereocenters. The molecule has 0 saturated carbocycles. The number of fused-ring (bicyclic) bond motifs is 1. The van der Waals surface area contributed by atoms with Gasteiger partial charge in [-0.3, -0.25) is 9.69 Å². The van der Waals surface area contributed by atoms with E-state index < -0.39 is 17.7 Å². The van der Waals surface area contributed by atoms with Crippen molar-refractivity contribution in [3.8, 4) is 0 Å². The zero-order valence-corrected chi connectivity index (χ0v) is 12.4. The van der Waals surface area contributed by atoms with Crippen molar-refractivity contribution < 1.29 is 18.3 Å². The Morgan fingerprint density at radius 1 is 1.23 bits per heavy atom. The minimum absolute atomic E-state index is 0.133. The summed E-state index contributed by atoms with van der Waals surface area (Å²) in [7, 11) is 0. The quantitative estimate of drug-likeness (QED) is 0.917. The molecule has 2 aliphatic heterocycles. The fourth-order valence-corrected chi connectivity index (χ4v) is 2.82. The molecule has 1 saturated heterocycles. The molecule has 1 unspecified atom stereocenters. The van der Waals surface area contributed by atoms with Crippen LogP contribution in [0.15, 0.2) is 12.1 Å². The van der Waals surface area contributed by atoms with Crippen molar-refractivity contribution in [1.82, 2.24) is 4.90 Å². The van der Waals surface area contributed by atoms with Gasteiger partial charge in [0.25, 0.3) is 0 Å². The molecule has 2 heterocycles. The first-order valence-electron chi connectivity index (χ1n) is 7.43. The summed E-state index contributed by atoms with van der Waals surface area (Å²) in [5.74, 6) is -1.99. The van der Waals surface area contributed by atoms with Crippen molar-refractivity contribution in [3.63, 3.8) is 0 Å². The number of anilines is 2. The second-order valence-corrected chi connectivity index (χ2v) is 5.59. The summed E-state index contributed by atoms with van der Waals surface area (Å²) >= 11 is 0. The fourth-order valence-electron chi connectivity index (χ4n) is 2.82. The second kappa shape index (κ2) is 6.18. The number of rotatable bonds is 3. The van der Waals surface area contributed by atoms with E-state index in [2.05, 4.69) is 10.2 Å². The lowest BCUT2D eigenvalue weighted by molar-refractivity contribution is -0.119. The van der Waals surface area contributed by atoms with Gasteiger partial charge in [0.2, 0.25) is 5.91 Å². The van der Waals surface area contributed by atoms with E-state index in [9.17, 15) is 13.6 Å². The van der Waals surface area contributed by atoms with Crippen LogP contribution in [0.3, 0.4) is 0 Å². The van der Waals surface area contributed by atoms with Crippen LogP contribution in [-0.2, 0) is 9.53 Å². The zero-order chi connectivity index (χ0) is 15.7. The molecule has 0 bridgehead atoms. The number of nitrogens with zero attached hydrogens (tertiary/aromatic N) is 2. The number of nitrogens with one attached hydrogen (secondary N) is 1. The van der Waals surface area contributed by atoms with E-state index in [1.165, 1.54) is 4.90 Å². The standard InChI is InChI=1S/C15H19F2N3O2/c1-10-15(21)20(3-2-19-4-6-22-7-5-19)14-9-12(17)11(16)8-13(14)18-10/h8-10,18H,2-7H2,1H3. The van der Waals surface area contributed by atoms with E-state index in [1.54, 1.807) is 6.92 Å². The third-order valence-corrected chi connectivity index (χ3v) is 4.08. The van der Waals surface area contributed by atoms with Gasteiger partial charge in [0.1, 0.15) is 6.04 Å². The molecule has 7 heteroatoms. The Morgan fingerprint density at radius 3 is 2.64 bits per heavy atom. The molecule has 0 spiro atoms. The highest BCUT2D eigenvalue weighted by Gasteiger charge is 2.31. The molecule has 2 aliphatic rings. The first kappa shape index (κ1) is 15.2. The highest BCUT2D eigenvalue weighted by Crippen LogP contribution is 2.33. The molecular formula is C15H19F2N3O2. The minimum atomic E-state index is -0.945. The smallest absolute Gasteiger partial charge is 0.249 e. The molecule has 0 radical (unpaired) electrons. The number of carbonyl (C=O) groups excluding carboxylic acids is 1. The van der Waals surface area contributed by atoms with Crippen LogP contribution < -0.4 is 10.2 Å². The van der Waals surface area contributed by atoms with Crippen LogP contribution in [0.2, 0.25) is 0 Å². The Hall–Kier alpha value is -1.73. The summed E-state index contributed by atoms with van der Waals surface area (Å²) < 4.78 is 32.2. The first-order valence-corrected chi connectivity index (χ1v) is 7.43. The van der Waals surface area contributed by atoms with E-state index >= 15 is 0 Å². The maximum absolute atomic E-state index is 13.5. The van der Waals surface area contributed by atoms with Gasteiger partial charge in [0.15, 0.2) is 11.6 Å². The van der Waals surface area contributed by atoms with Crippen LogP contribution in [0, 0.1) is 11.6 Å². The van der Waals surface area contributed by atoms with E-state index in [0.717, 1.165) is 25.2 Å². The van der Waals surface area contributed by atoms with E-state index in [1.807, 2.05) is 0 Å². The highest BCUT2D eigenvalue weighted by atomic mass is 19.2. The maximum atomic E-state index is 13.5. The average molecular weight is 311 g/mol. The SMILES string of the molecule is CC1Nc2cc(F)c(F)cc2N(CCN2CCOCC2)C1=O. The largest absolute Gasteiger partial charge is 0.379 e. The predicted molar refractivity (Wildman–Crippen MR) is 79.1 cm³/mol. The number of morpholine rings is 1. The first-order chi connectivity index (χ1) is 10.6. The van der Waals surface area contributed by atoms with Gasteiger partial charge < -0.3 is 15.0 Å². The van der Waals surface area contributed by atoms with Crippen molar-refractivity contribution in [2.45, 2.75) is 13.0 Å². The van der Waals surface area contributed by atoms with Gasteiger partial charge in [-0.1, -0.05) is 0 Å². The van der Waals surface area contributed by atoms with E-state index in [-0.39, 0.29) is 5.91 Å². The van der Waals surface area contributed by atoms with Crippen molar-refractivity contribution in [2.24, 2.45) is 0 Å². The third kappa shape index (κ3) is 2.91. The Bertz CT molecular complexity index is 576. The monoisotopic (exact) mass is 311 g/mol. The number of ether oxygens (including phenoxy) is 1. The third-order valence-electron chi connectivity index (χ3n) is 4.08.